The number of nitrogens with zero attached hydrogens (tertiary/aromatic N) is 2. The van der Waals surface area contributed by atoms with Crippen LogP contribution in [0.15, 0.2) is 66.2 Å². The number of pyridine rings is 1. The molecule has 2 atom stereocenters. The lowest BCUT2D eigenvalue weighted by Gasteiger charge is -2.37. The van der Waals surface area contributed by atoms with Gasteiger partial charge < -0.3 is 5.32 Å². The van der Waals surface area contributed by atoms with E-state index in [4.69, 9.17) is 0 Å². The Kier molecular flexibility index (Phi) is 6.32. The summed E-state index contributed by atoms with van der Waals surface area (Å²) in [7, 11) is 0. The van der Waals surface area contributed by atoms with E-state index >= 15 is 0 Å². The van der Waals surface area contributed by atoms with Crippen LogP contribution in [-0.2, 0) is 6.54 Å². The molecule has 1 aliphatic rings. The second-order valence-electron chi connectivity index (χ2n) is 7.45. The monoisotopic (exact) mass is 409 g/mol. The normalized spacial score (nSPS) is 18.3. The lowest BCUT2D eigenvalue weighted by Crippen LogP contribution is -2.43. The largest absolute Gasteiger partial charge is 0.343 e. The number of rotatable bonds is 6. The maximum atomic E-state index is 13.6. The van der Waals surface area contributed by atoms with Gasteiger partial charge in [0, 0.05) is 19.3 Å². The van der Waals surface area contributed by atoms with Crippen molar-refractivity contribution in [1.29, 1.82) is 0 Å². The van der Waals surface area contributed by atoms with Gasteiger partial charge in [-0.3, -0.25) is 14.7 Å². The molecule has 1 saturated heterocycles. The Bertz CT molecular complexity index is 932. The summed E-state index contributed by atoms with van der Waals surface area (Å²) in [5, 5.41) is 5.13. The van der Waals surface area contributed by atoms with Gasteiger partial charge >= 0.3 is 0 Å². The standard InChI is InChI=1S/C23H24FN3OS/c24-19-8-3-6-17(14-19)15-27-12-4-7-18(16-27)22(20-9-1-2-11-25-20)26-23(28)21-10-5-13-29-21/h1-3,5-6,8-11,13-14,18,22H,4,7,12,15-16H2,(H,26,28)/t18-,22+/m1/s1. The van der Waals surface area contributed by atoms with Gasteiger partial charge in [-0.15, -0.1) is 11.3 Å². The molecule has 0 bridgehead atoms. The molecule has 3 heterocycles. The molecule has 6 heteroatoms. The van der Waals surface area contributed by atoms with Gasteiger partial charge in [-0.2, -0.15) is 0 Å². The molecule has 2 aromatic heterocycles. The van der Waals surface area contributed by atoms with Crippen LogP contribution in [0.3, 0.4) is 0 Å². The van der Waals surface area contributed by atoms with Crippen molar-refractivity contribution in [2.24, 2.45) is 5.92 Å². The second kappa shape index (κ2) is 9.29. The SMILES string of the molecule is O=C(N[C@H](c1ccccn1)[C@@H]1CCCN(Cc2cccc(F)c2)C1)c1cccs1. The Morgan fingerprint density at radius 1 is 1.24 bits per heavy atom. The Balaban J connectivity index is 1.51. The van der Waals surface area contributed by atoms with Crippen LogP contribution in [0.2, 0.25) is 0 Å². The van der Waals surface area contributed by atoms with Crippen molar-refractivity contribution in [1.82, 2.24) is 15.2 Å². The van der Waals surface area contributed by atoms with E-state index in [0.29, 0.717) is 11.4 Å². The van der Waals surface area contributed by atoms with Crippen molar-refractivity contribution in [3.05, 3.63) is 88.1 Å². The first-order valence-corrected chi connectivity index (χ1v) is 10.8. The number of hydrogen-bond acceptors (Lipinski definition) is 4. The van der Waals surface area contributed by atoms with E-state index in [9.17, 15) is 9.18 Å². The van der Waals surface area contributed by atoms with Crippen molar-refractivity contribution in [2.45, 2.75) is 25.4 Å². The highest BCUT2D eigenvalue weighted by molar-refractivity contribution is 7.12. The minimum Gasteiger partial charge on any atom is -0.343 e. The van der Waals surface area contributed by atoms with E-state index in [1.807, 2.05) is 41.8 Å². The third-order valence-electron chi connectivity index (χ3n) is 5.35. The predicted molar refractivity (Wildman–Crippen MR) is 113 cm³/mol. The first-order valence-electron chi connectivity index (χ1n) is 9.91. The second-order valence-corrected chi connectivity index (χ2v) is 8.40. The number of likely N-dealkylation sites (tertiary alicyclic amines) is 1. The first kappa shape index (κ1) is 19.7. The molecular weight excluding hydrogens is 385 g/mol. The Labute approximate surface area is 174 Å². The molecule has 0 saturated carbocycles. The summed E-state index contributed by atoms with van der Waals surface area (Å²) in [4.78, 5) is 20.3. The maximum Gasteiger partial charge on any atom is 0.261 e. The van der Waals surface area contributed by atoms with Gasteiger partial charge in [0.1, 0.15) is 5.82 Å². The van der Waals surface area contributed by atoms with Crippen LogP contribution >= 0.6 is 11.3 Å². The average molecular weight is 410 g/mol. The van der Waals surface area contributed by atoms with E-state index in [2.05, 4.69) is 15.2 Å². The lowest BCUT2D eigenvalue weighted by atomic mass is 9.88. The molecule has 0 spiro atoms. The van der Waals surface area contributed by atoms with Crippen LogP contribution in [0, 0.1) is 11.7 Å². The number of hydrogen-bond donors (Lipinski definition) is 1. The quantitative estimate of drug-likeness (QED) is 0.644. The van der Waals surface area contributed by atoms with Gasteiger partial charge in [-0.05, 0) is 66.6 Å². The number of thiophene rings is 1. The van der Waals surface area contributed by atoms with Crippen molar-refractivity contribution >= 4 is 17.2 Å². The van der Waals surface area contributed by atoms with Gasteiger partial charge in [-0.25, -0.2) is 4.39 Å². The molecule has 1 aromatic carbocycles. The Morgan fingerprint density at radius 3 is 2.93 bits per heavy atom. The number of nitrogens with one attached hydrogen (secondary N) is 1. The van der Waals surface area contributed by atoms with Crippen LogP contribution in [-0.4, -0.2) is 28.9 Å². The van der Waals surface area contributed by atoms with E-state index in [1.54, 1.807) is 18.3 Å². The zero-order chi connectivity index (χ0) is 20.1. The number of benzene rings is 1. The smallest absolute Gasteiger partial charge is 0.261 e. The highest BCUT2D eigenvalue weighted by Crippen LogP contribution is 2.30. The fourth-order valence-electron chi connectivity index (χ4n) is 4.01. The van der Waals surface area contributed by atoms with E-state index in [1.165, 1.54) is 17.4 Å². The average Bonchev–Trinajstić information content (AvgIpc) is 3.28. The minimum absolute atomic E-state index is 0.0575. The topological polar surface area (TPSA) is 45.2 Å². The van der Waals surface area contributed by atoms with Crippen LogP contribution in [0.25, 0.3) is 0 Å². The summed E-state index contributed by atoms with van der Waals surface area (Å²) < 4.78 is 13.6. The van der Waals surface area contributed by atoms with Crippen LogP contribution < -0.4 is 5.32 Å². The third-order valence-corrected chi connectivity index (χ3v) is 6.22. The zero-order valence-corrected chi connectivity index (χ0v) is 16.9. The number of piperidine rings is 1. The summed E-state index contributed by atoms with van der Waals surface area (Å²) in [5.74, 6) is -0.0142. The maximum absolute atomic E-state index is 13.6. The highest BCUT2D eigenvalue weighted by atomic mass is 32.1. The summed E-state index contributed by atoms with van der Waals surface area (Å²) in [6, 6.07) is 16.2. The molecule has 0 unspecified atom stereocenters. The molecule has 0 aliphatic carbocycles. The zero-order valence-electron chi connectivity index (χ0n) is 16.1. The molecule has 4 nitrogen and oxygen atoms in total. The number of amides is 1. The third kappa shape index (κ3) is 5.08. The van der Waals surface area contributed by atoms with E-state index in [0.717, 1.165) is 37.2 Å². The van der Waals surface area contributed by atoms with Crippen molar-refractivity contribution in [2.75, 3.05) is 13.1 Å². The highest BCUT2D eigenvalue weighted by Gasteiger charge is 2.30. The van der Waals surface area contributed by atoms with Crippen LogP contribution in [0.5, 0.6) is 0 Å². The molecule has 1 amide bonds. The summed E-state index contributed by atoms with van der Waals surface area (Å²) in [5.41, 5.74) is 1.86. The van der Waals surface area contributed by atoms with Crippen molar-refractivity contribution in [3.63, 3.8) is 0 Å². The van der Waals surface area contributed by atoms with Crippen molar-refractivity contribution < 1.29 is 9.18 Å². The van der Waals surface area contributed by atoms with Gasteiger partial charge in [0.2, 0.25) is 0 Å². The Morgan fingerprint density at radius 2 is 2.17 bits per heavy atom. The van der Waals surface area contributed by atoms with E-state index in [-0.39, 0.29) is 23.7 Å². The van der Waals surface area contributed by atoms with Gasteiger partial charge in [0.15, 0.2) is 0 Å². The molecule has 1 N–H and O–H groups in total. The number of carbonyl (C=O) groups excluding carboxylic acids is 1. The summed E-state index contributed by atoms with van der Waals surface area (Å²) in [6.07, 6.45) is 3.83. The fraction of sp³-hybridized carbons (Fsp3) is 0.304. The van der Waals surface area contributed by atoms with Gasteiger partial charge in [0.05, 0.1) is 16.6 Å². The Hall–Kier alpha value is -2.57. The molecule has 1 fully saturated rings. The molecular formula is C23H24FN3OS. The molecule has 4 rings (SSSR count). The van der Waals surface area contributed by atoms with Crippen molar-refractivity contribution in [3.8, 4) is 0 Å². The number of halogens is 1. The first-order chi connectivity index (χ1) is 14.2. The van der Waals surface area contributed by atoms with E-state index < -0.39 is 0 Å². The molecule has 29 heavy (non-hydrogen) atoms. The number of aromatic nitrogens is 1. The molecule has 1 aliphatic heterocycles. The predicted octanol–water partition coefficient (Wildman–Crippen LogP) is 4.67. The van der Waals surface area contributed by atoms with Gasteiger partial charge in [0.25, 0.3) is 5.91 Å². The molecule has 150 valence electrons. The minimum atomic E-state index is -0.203. The molecule has 0 radical (unpaired) electrons. The van der Waals surface area contributed by atoms with Crippen LogP contribution in [0.4, 0.5) is 4.39 Å². The number of carbonyl (C=O) groups is 1. The molecule has 3 aromatic rings. The lowest BCUT2D eigenvalue weighted by molar-refractivity contribution is 0.0879. The summed E-state index contributed by atoms with van der Waals surface area (Å²) in [6.45, 7) is 2.52. The van der Waals surface area contributed by atoms with Gasteiger partial charge in [-0.1, -0.05) is 24.3 Å². The fourth-order valence-corrected chi connectivity index (χ4v) is 4.64. The summed E-state index contributed by atoms with van der Waals surface area (Å²) >= 11 is 1.44. The van der Waals surface area contributed by atoms with Crippen LogP contribution in [0.1, 0.15) is 39.8 Å².